The number of aromatic nitrogens is 3. The summed E-state index contributed by atoms with van der Waals surface area (Å²) in [6, 6.07) is 7.50. The lowest BCUT2D eigenvalue weighted by Crippen LogP contribution is -2.14. The first-order valence-corrected chi connectivity index (χ1v) is 6.22. The average Bonchev–Trinajstić information content (AvgIpc) is 2.72. The van der Waals surface area contributed by atoms with Crippen LogP contribution >= 0.6 is 11.6 Å². The Morgan fingerprint density at radius 2 is 2.06 bits per heavy atom. The summed E-state index contributed by atoms with van der Waals surface area (Å²) in [5.74, 6) is 1.52. The van der Waals surface area contributed by atoms with Crippen molar-refractivity contribution in [1.29, 1.82) is 0 Å². The molecule has 0 aliphatic rings. The van der Waals surface area contributed by atoms with Crippen LogP contribution in [-0.2, 0) is 12.0 Å². The zero-order valence-corrected chi connectivity index (χ0v) is 11.6. The molecule has 0 saturated heterocycles. The van der Waals surface area contributed by atoms with Crippen LogP contribution in [0.4, 0.5) is 0 Å². The molecule has 0 radical (unpaired) electrons. The van der Waals surface area contributed by atoms with Gasteiger partial charge in [-0.05, 0) is 18.2 Å². The van der Waals surface area contributed by atoms with E-state index in [2.05, 4.69) is 30.9 Å². The van der Waals surface area contributed by atoms with E-state index in [-0.39, 0.29) is 5.41 Å². The molecule has 1 aromatic heterocycles. The van der Waals surface area contributed by atoms with Crippen molar-refractivity contribution in [3.8, 4) is 5.69 Å². The Morgan fingerprint density at radius 3 is 2.61 bits per heavy atom. The molecule has 0 aliphatic carbocycles. The van der Waals surface area contributed by atoms with Gasteiger partial charge >= 0.3 is 0 Å². The Morgan fingerprint density at radius 1 is 1.33 bits per heavy atom. The molecule has 1 aromatic carbocycles. The molecule has 2 rings (SSSR count). The van der Waals surface area contributed by atoms with Gasteiger partial charge in [-0.3, -0.25) is 0 Å². The molecular weight excluding hydrogens is 248 g/mol. The zero-order valence-electron chi connectivity index (χ0n) is 10.8. The van der Waals surface area contributed by atoms with E-state index in [9.17, 15) is 0 Å². The Labute approximate surface area is 112 Å². The number of benzene rings is 1. The van der Waals surface area contributed by atoms with Crippen LogP contribution < -0.4 is 5.73 Å². The number of nitrogens with zero attached hydrogens (tertiary/aromatic N) is 3. The second-order valence-electron chi connectivity index (χ2n) is 5.20. The van der Waals surface area contributed by atoms with Gasteiger partial charge in [-0.2, -0.15) is 5.10 Å². The summed E-state index contributed by atoms with van der Waals surface area (Å²) in [6.45, 7) is 6.57. The number of hydrogen-bond acceptors (Lipinski definition) is 3. The fourth-order valence-electron chi connectivity index (χ4n) is 1.61. The van der Waals surface area contributed by atoms with Crippen molar-refractivity contribution in [3.63, 3.8) is 0 Å². The smallest absolute Gasteiger partial charge is 0.156 e. The van der Waals surface area contributed by atoms with Gasteiger partial charge in [0, 0.05) is 10.4 Å². The number of halogens is 1. The maximum atomic E-state index is 5.99. The summed E-state index contributed by atoms with van der Waals surface area (Å²) >= 11 is 5.99. The van der Waals surface area contributed by atoms with Crippen molar-refractivity contribution in [1.82, 2.24) is 14.8 Å². The van der Waals surface area contributed by atoms with Gasteiger partial charge in [-0.1, -0.05) is 38.4 Å². The minimum Gasteiger partial charge on any atom is -0.324 e. The molecule has 0 aliphatic heterocycles. The Hall–Kier alpha value is -1.39. The Balaban J connectivity index is 2.54. The monoisotopic (exact) mass is 264 g/mol. The highest BCUT2D eigenvalue weighted by molar-refractivity contribution is 6.30. The second kappa shape index (κ2) is 4.71. The lowest BCUT2D eigenvalue weighted by molar-refractivity contribution is 0.543. The van der Waals surface area contributed by atoms with E-state index >= 15 is 0 Å². The van der Waals surface area contributed by atoms with Crippen molar-refractivity contribution in [2.75, 3.05) is 0 Å². The summed E-state index contributed by atoms with van der Waals surface area (Å²) in [5.41, 5.74) is 6.50. The molecule has 2 N–H and O–H groups in total. The molecule has 0 saturated carbocycles. The van der Waals surface area contributed by atoms with Crippen LogP contribution in [0.5, 0.6) is 0 Å². The average molecular weight is 265 g/mol. The molecule has 4 nitrogen and oxygen atoms in total. The molecule has 0 amide bonds. The molecule has 0 fully saturated rings. The molecule has 0 bridgehead atoms. The molecule has 0 unspecified atom stereocenters. The third-order valence-electron chi connectivity index (χ3n) is 2.58. The van der Waals surface area contributed by atoms with E-state index in [0.29, 0.717) is 11.6 Å². The topological polar surface area (TPSA) is 56.7 Å². The predicted molar refractivity (Wildman–Crippen MR) is 73.0 cm³/mol. The van der Waals surface area contributed by atoms with E-state index in [1.807, 2.05) is 24.3 Å². The summed E-state index contributed by atoms with van der Waals surface area (Å²) in [7, 11) is 0. The van der Waals surface area contributed by atoms with E-state index in [1.54, 1.807) is 4.68 Å². The Bertz CT molecular complexity index is 554. The van der Waals surface area contributed by atoms with Gasteiger partial charge in [0.05, 0.1) is 12.2 Å². The third kappa shape index (κ3) is 2.54. The quantitative estimate of drug-likeness (QED) is 0.907. The highest BCUT2D eigenvalue weighted by Crippen LogP contribution is 2.21. The fourth-order valence-corrected chi connectivity index (χ4v) is 1.79. The van der Waals surface area contributed by atoms with E-state index in [0.717, 1.165) is 17.3 Å². The van der Waals surface area contributed by atoms with Gasteiger partial charge in [0.25, 0.3) is 0 Å². The summed E-state index contributed by atoms with van der Waals surface area (Å²) in [6.07, 6.45) is 0. The van der Waals surface area contributed by atoms with Gasteiger partial charge in [0.15, 0.2) is 5.82 Å². The minimum absolute atomic E-state index is 0.103. The number of rotatable bonds is 2. The molecule has 5 heteroatoms. The normalized spacial score (nSPS) is 11.8. The maximum absolute atomic E-state index is 5.99. The van der Waals surface area contributed by atoms with Gasteiger partial charge in [0.1, 0.15) is 5.82 Å². The van der Waals surface area contributed by atoms with Gasteiger partial charge < -0.3 is 5.73 Å². The standard InChI is InChI=1S/C13H17ClN4/c1-13(2,3)12-16-11(8-15)18(17-12)10-6-4-5-9(14)7-10/h4-7H,8,15H2,1-3H3. The van der Waals surface area contributed by atoms with Gasteiger partial charge in [-0.25, -0.2) is 9.67 Å². The van der Waals surface area contributed by atoms with E-state index in [1.165, 1.54) is 0 Å². The largest absolute Gasteiger partial charge is 0.324 e. The minimum atomic E-state index is -0.103. The molecular formula is C13H17ClN4. The van der Waals surface area contributed by atoms with Crippen LogP contribution in [0.1, 0.15) is 32.4 Å². The van der Waals surface area contributed by atoms with Crippen LogP contribution in [0.15, 0.2) is 24.3 Å². The third-order valence-corrected chi connectivity index (χ3v) is 2.82. The first-order chi connectivity index (χ1) is 8.41. The molecule has 0 atom stereocenters. The summed E-state index contributed by atoms with van der Waals surface area (Å²) in [4.78, 5) is 4.49. The predicted octanol–water partition coefficient (Wildman–Crippen LogP) is 2.68. The van der Waals surface area contributed by atoms with Crippen molar-refractivity contribution >= 4 is 11.6 Å². The molecule has 1 heterocycles. The molecule has 2 aromatic rings. The maximum Gasteiger partial charge on any atom is 0.156 e. The van der Waals surface area contributed by atoms with E-state index in [4.69, 9.17) is 17.3 Å². The zero-order chi connectivity index (χ0) is 13.3. The lowest BCUT2D eigenvalue weighted by Gasteiger charge is -2.12. The summed E-state index contributed by atoms with van der Waals surface area (Å²) < 4.78 is 1.76. The van der Waals surface area contributed by atoms with Crippen molar-refractivity contribution in [3.05, 3.63) is 40.9 Å². The SMILES string of the molecule is CC(C)(C)c1nc(CN)n(-c2cccc(Cl)c2)n1. The summed E-state index contributed by atoms with van der Waals surface area (Å²) in [5, 5.41) is 5.20. The van der Waals surface area contributed by atoms with Gasteiger partial charge in [0.2, 0.25) is 0 Å². The van der Waals surface area contributed by atoms with Crippen LogP contribution in [0.2, 0.25) is 5.02 Å². The Kier molecular flexibility index (Phi) is 3.41. The molecule has 0 spiro atoms. The van der Waals surface area contributed by atoms with Crippen molar-refractivity contribution in [2.45, 2.75) is 32.7 Å². The first kappa shape index (κ1) is 13.1. The lowest BCUT2D eigenvalue weighted by atomic mass is 9.96. The number of hydrogen-bond donors (Lipinski definition) is 1. The highest BCUT2D eigenvalue weighted by Gasteiger charge is 2.21. The van der Waals surface area contributed by atoms with Gasteiger partial charge in [-0.15, -0.1) is 0 Å². The van der Waals surface area contributed by atoms with Crippen LogP contribution in [0, 0.1) is 0 Å². The number of nitrogens with two attached hydrogens (primary N) is 1. The van der Waals surface area contributed by atoms with Crippen LogP contribution in [-0.4, -0.2) is 14.8 Å². The fraction of sp³-hybridized carbons (Fsp3) is 0.385. The van der Waals surface area contributed by atoms with Crippen molar-refractivity contribution < 1.29 is 0 Å². The molecule has 96 valence electrons. The first-order valence-electron chi connectivity index (χ1n) is 5.84. The van der Waals surface area contributed by atoms with Crippen LogP contribution in [0.25, 0.3) is 5.69 Å². The van der Waals surface area contributed by atoms with Crippen molar-refractivity contribution in [2.24, 2.45) is 5.73 Å². The second-order valence-corrected chi connectivity index (χ2v) is 5.63. The van der Waals surface area contributed by atoms with E-state index < -0.39 is 0 Å². The molecule has 18 heavy (non-hydrogen) atoms. The van der Waals surface area contributed by atoms with Crippen LogP contribution in [0.3, 0.4) is 0 Å². The highest BCUT2D eigenvalue weighted by atomic mass is 35.5.